The van der Waals surface area contributed by atoms with E-state index in [-0.39, 0.29) is 5.60 Å². The van der Waals surface area contributed by atoms with Crippen LogP contribution >= 0.6 is 0 Å². The van der Waals surface area contributed by atoms with Crippen LogP contribution in [-0.4, -0.2) is 12.2 Å². The second-order valence-corrected chi connectivity index (χ2v) is 7.65. The maximum absolute atomic E-state index is 6.35. The summed E-state index contributed by atoms with van der Waals surface area (Å²) < 4.78 is 6.35. The minimum absolute atomic E-state index is 0.258. The van der Waals surface area contributed by atoms with Gasteiger partial charge in [0.15, 0.2) is 0 Å². The fraction of sp³-hybridized carbons (Fsp3) is 1.00. The van der Waals surface area contributed by atoms with Crippen molar-refractivity contribution >= 4 is 0 Å². The van der Waals surface area contributed by atoms with E-state index in [1.807, 2.05) is 0 Å². The molecule has 1 aliphatic heterocycles. The summed E-state index contributed by atoms with van der Waals surface area (Å²) >= 11 is 0. The fourth-order valence-corrected chi connectivity index (χ4v) is 5.60. The lowest BCUT2D eigenvalue weighted by molar-refractivity contribution is -0.189. The molecule has 0 amide bonds. The molecule has 1 spiro atoms. The number of rotatable bonds is 0. The van der Waals surface area contributed by atoms with Crippen molar-refractivity contribution in [2.75, 3.05) is 6.61 Å². The standard InChI is InChI=1S/C16H28O/c1-14(2)8-5-9-15(3)13(14)7-4-10-16(15)11-6-12-17-16/h13H,4-12H2,1-3H3/t13-,15-,16+/m0/s1. The number of fused-ring (bicyclic) bond motifs is 2. The Balaban J connectivity index is 1.99. The molecule has 1 saturated heterocycles. The van der Waals surface area contributed by atoms with Gasteiger partial charge in [0.05, 0.1) is 5.60 Å². The molecule has 3 rings (SSSR count). The van der Waals surface area contributed by atoms with Crippen LogP contribution in [0.5, 0.6) is 0 Å². The summed E-state index contributed by atoms with van der Waals surface area (Å²) in [5.41, 5.74) is 1.25. The fourth-order valence-electron chi connectivity index (χ4n) is 5.60. The maximum Gasteiger partial charge on any atom is 0.0739 e. The largest absolute Gasteiger partial charge is 0.374 e. The molecule has 2 saturated carbocycles. The molecule has 0 unspecified atom stereocenters. The van der Waals surface area contributed by atoms with Gasteiger partial charge in [-0.1, -0.05) is 33.6 Å². The van der Waals surface area contributed by atoms with E-state index < -0.39 is 0 Å². The van der Waals surface area contributed by atoms with Gasteiger partial charge in [-0.3, -0.25) is 0 Å². The first-order chi connectivity index (χ1) is 8.00. The van der Waals surface area contributed by atoms with Gasteiger partial charge in [-0.2, -0.15) is 0 Å². The van der Waals surface area contributed by atoms with Crippen LogP contribution in [0, 0.1) is 16.7 Å². The van der Waals surface area contributed by atoms with Crippen LogP contribution in [0.4, 0.5) is 0 Å². The Morgan fingerprint density at radius 1 is 0.882 bits per heavy atom. The van der Waals surface area contributed by atoms with Crippen molar-refractivity contribution in [2.45, 2.75) is 77.7 Å². The van der Waals surface area contributed by atoms with Gasteiger partial charge >= 0.3 is 0 Å². The van der Waals surface area contributed by atoms with Gasteiger partial charge in [0, 0.05) is 6.61 Å². The third kappa shape index (κ3) is 1.54. The van der Waals surface area contributed by atoms with Crippen LogP contribution in [0.1, 0.15) is 72.1 Å². The maximum atomic E-state index is 6.35. The molecular formula is C16H28O. The van der Waals surface area contributed by atoms with E-state index in [2.05, 4.69) is 20.8 Å². The average Bonchev–Trinajstić information content (AvgIpc) is 2.71. The van der Waals surface area contributed by atoms with Crippen molar-refractivity contribution in [3.8, 4) is 0 Å². The summed E-state index contributed by atoms with van der Waals surface area (Å²) in [6, 6.07) is 0. The zero-order valence-electron chi connectivity index (χ0n) is 11.8. The molecule has 1 heterocycles. The van der Waals surface area contributed by atoms with E-state index in [0.29, 0.717) is 10.8 Å². The first kappa shape index (κ1) is 12.0. The van der Waals surface area contributed by atoms with Crippen molar-refractivity contribution in [1.82, 2.24) is 0 Å². The van der Waals surface area contributed by atoms with Gasteiger partial charge in [-0.15, -0.1) is 0 Å². The molecule has 2 aliphatic carbocycles. The molecule has 0 aromatic carbocycles. The lowest BCUT2D eigenvalue weighted by Crippen LogP contribution is -2.58. The minimum Gasteiger partial charge on any atom is -0.374 e. The zero-order valence-corrected chi connectivity index (χ0v) is 11.8. The molecule has 0 aromatic rings. The van der Waals surface area contributed by atoms with Crippen molar-refractivity contribution in [1.29, 1.82) is 0 Å². The summed E-state index contributed by atoms with van der Waals surface area (Å²) in [6.45, 7) is 8.58. The third-order valence-electron chi connectivity index (χ3n) is 6.45. The number of hydrogen-bond donors (Lipinski definition) is 0. The molecule has 3 fully saturated rings. The quantitative estimate of drug-likeness (QED) is 0.599. The predicted octanol–water partition coefficient (Wildman–Crippen LogP) is 4.55. The molecule has 0 aromatic heterocycles. The molecule has 3 aliphatic rings. The van der Waals surface area contributed by atoms with Crippen molar-refractivity contribution in [2.24, 2.45) is 16.7 Å². The van der Waals surface area contributed by atoms with E-state index in [9.17, 15) is 0 Å². The topological polar surface area (TPSA) is 9.23 Å². The van der Waals surface area contributed by atoms with Crippen LogP contribution < -0.4 is 0 Å². The van der Waals surface area contributed by atoms with Gasteiger partial charge in [0.1, 0.15) is 0 Å². The highest BCUT2D eigenvalue weighted by atomic mass is 16.5. The van der Waals surface area contributed by atoms with Crippen molar-refractivity contribution in [3.63, 3.8) is 0 Å². The van der Waals surface area contributed by atoms with Crippen LogP contribution in [0.2, 0.25) is 0 Å². The zero-order chi connectivity index (χ0) is 12.1. The lowest BCUT2D eigenvalue weighted by atomic mass is 9.46. The molecule has 0 bridgehead atoms. The minimum atomic E-state index is 0.258. The Bertz CT molecular complexity index is 301. The molecule has 0 N–H and O–H groups in total. The second kappa shape index (κ2) is 3.73. The summed E-state index contributed by atoms with van der Waals surface area (Å²) in [4.78, 5) is 0. The Hall–Kier alpha value is -0.0400. The summed E-state index contributed by atoms with van der Waals surface area (Å²) in [6.07, 6.45) is 11.0. The number of hydrogen-bond acceptors (Lipinski definition) is 1. The van der Waals surface area contributed by atoms with Gasteiger partial charge < -0.3 is 4.74 Å². The highest BCUT2D eigenvalue weighted by Crippen LogP contribution is 2.64. The van der Waals surface area contributed by atoms with Gasteiger partial charge in [0.25, 0.3) is 0 Å². The van der Waals surface area contributed by atoms with Gasteiger partial charge in [-0.05, 0) is 55.3 Å². The van der Waals surface area contributed by atoms with Crippen LogP contribution in [0.25, 0.3) is 0 Å². The second-order valence-electron chi connectivity index (χ2n) is 7.65. The molecule has 1 nitrogen and oxygen atoms in total. The Morgan fingerprint density at radius 2 is 1.65 bits per heavy atom. The van der Waals surface area contributed by atoms with E-state index in [4.69, 9.17) is 4.74 Å². The normalized spacial score (nSPS) is 49.2. The molecular weight excluding hydrogens is 208 g/mol. The molecule has 1 heteroatoms. The molecule has 17 heavy (non-hydrogen) atoms. The Morgan fingerprint density at radius 3 is 2.35 bits per heavy atom. The molecule has 98 valence electrons. The Labute approximate surface area is 106 Å². The third-order valence-corrected chi connectivity index (χ3v) is 6.45. The SMILES string of the molecule is CC1(C)CCC[C@@]2(C)[C@H]1CCC[C@@]21CCCO1. The van der Waals surface area contributed by atoms with Gasteiger partial charge in [-0.25, -0.2) is 0 Å². The highest BCUT2D eigenvalue weighted by molar-refractivity contribution is 5.10. The summed E-state index contributed by atoms with van der Waals surface area (Å²) in [5.74, 6) is 0.885. The van der Waals surface area contributed by atoms with E-state index >= 15 is 0 Å². The van der Waals surface area contributed by atoms with E-state index in [1.54, 1.807) is 0 Å². The summed E-state index contributed by atoms with van der Waals surface area (Å²) in [5, 5.41) is 0. The van der Waals surface area contributed by atoms with E-state index in [1.165, 1.54) is 51.4 Å². The lowest BCUT2D eigenvalue weighted by Gasteiger charge is -2.61. The van der Waals surface area contributed by atoms with Gasteiger partial charge in [0.2, 0.25) is 0 Å². The Kier molecular flexibility index (Phi) is 2.63. The van der Waals surface area contributed by atoms with Crippen molar-refractivity contribution < 1.29 is 4.74 Å². The van der Waals surface area contributed by atoms with E-state index in [0.717, 1.165) is 12.5 Å². The van der Waals surface area contributed by atoms with Crippen molar-refractivity contribution in [3.05, 3.63) is 0 Å². The average molecular weight is 236 g/mol. The smallest absolute Gasteiger partial charge is 0.0739 e. The summed E-state index contributed by atoms with van der Waals surface area (Å²) in [7, 11) is 0. The van der Waals surface area contributed by atoms with Crippen LogP contribution in [0.3, 0.4) is 0 Å². The first-order valence-electron chi connectivity index (χ1n) is 7.64. The molecule has 3 atom stereocenters. The van der Waals surface area contributed by atoms with Crippen LogP contribution in [0.15, 0.2) is 0 Å². The predicted molar refractivity (Wildman–Crippen MR) is 71.0 cm³/mol. The molecule has 0 radical (unpaired) electrons. The monoisotopic (exact) mass is 236 g/mol. The number of ether oxygens (including phenoxy) is 1. The first-order valence-corrected chi connectivity index (χ1v) is 7.64. The highest BCUT2D eigenvalue weighted by Gasteiger charge is 2.60. The van der Waals surface area contributed by atoms with Crippen LogP contribution in [-0.2, 0) is 4.74 Å².